The van der Waals surface area contributed by atoms with Gasteiger partial charge < -0.3 is 20.1 Å². The molecule has 2 aromatic carbocycles. The van der Waals surface area contributed by atoms with E-state index < -0.39 is 12.0 Å². The number of allylic oxidation sites excluding steroid dienone is 1. The Morgan fingerprint density at radius 3 is 2.38 bits per heavy atom. The standard InChI is InChI=1S/C23H26N2O4/c1-13-6-8-18(9-7-13)29-12-17-10-14(2)11-19(15(17)3)21-20(22(26)28-5)16(4)24-23(27)25-21/h6-11,21H,12H2,1-5H3,(H2,24,25,27). The first-order valence-electron chi connectivity index (χ1n) is 9.46. The number of benzene rings is 2. The van der Waals surface area contributed by atoms with Crippen LogP contribution in [-0.2, 0) is 16.1 Å². The Morgan fingerprint density at radius 1 is 1.03 bits per heavy atom. The molecule has 2 aromatic rings. The highest BCUT2D eigenvalue weighted by Crippen LogP contribution is 2.32. The molecular formula is C23H26N2O4. The van der Waals surface area contributed by atoms with Crippen LogP contribution < -0.4 is 15.4 Å². The number of carbonyl (C=O) groups is 2. The monoisotopic (exact) mass is 394 g/mol. The summed E-state index contributed by atoms with van der Waals surface area (Å²) in [6.07, 6.45) is 0. The van der Waals surface area contributed by atoms with E-state index in [1.165, 1.54) is 12.7 Å². The Balaban J connectivity index is 1.97. The zero-order valence-electron chi connectivity index (χ0n) is 17.4. The highest BCUT2D eigenvalue weighted by Gasteiger charge is 2.33. The highest BCUT2D eigenvalue weighted by molar-refractivity contribution is 5.95. The molecule has 1 aliphatic rings. The maximum atomic E-state index is 12.4. The molecule has 2 amide bonds. The molecule has 1 atom stereocenters. The minimum Gasteiger partial charge on any atom is -0.489 e. The van der Waals surface area contributed by atoms with Crippen molar-refractivity contribution in [3.63, 3.8) is 0 Å². The maximum absolute atomic E-state index is 12.4. The van der Waals surface area contributed by atoms with Crippen LogP contribution in [0.15, 0.2) is 47.7 Å². The zero-order chi connectivity index (χ0) is 21.1. The largest absolute Gasteiger partial charge is 0.489 e. The molecule has 1 unspecified atom stereocenters. The molecule has 0 spiro atoms. The van der Waals surface area contributed by atoms with Crippen LogP contribution in [0.5, 0.6) is 5.75 Å². The van der Waals surface area contributed by atoms with E-state index in [1.807, 2.05) is 51.1 Å². The van der Waals surface area contributed by atoms with Crippen LogP contribution in [0.1, 0.15) is 40.8 Å². The Morgan fingerprint density at radius 2 is 1.72 bits per heavy atom. The van der Waals surface area contributed by atoms with Crippen LogP contribution in [0.2, 0.25) is 0 Å². The van der Waals surface area contributed by atoms with Gasteiger partial charge in [0.05, 0.1) is 18.7 Å². The topological polar surface area (TPSA) is 76.7 Å². The average molecular weight is 394 g/mol. The molecule has 0 bridgehead atoms. The van der Waals surface area contributed by atoms with Crippen molar-refractivity contribution in [3.05, 3.63) is 75.5 Å². The second-order valence-corrected chi connectivity index (χ2v) is 7.30. The van der Waals surface area contributed by atoms with Gasteiger partial charge >= 0.3 is 12.0 Å². The second-order valence-electron chi connectivity index (χ2n) is 7.30. The smallest absolute Gasteiger partial charge is 0.337 e. The molecule has 0 saturated carbocycles. The van der Waals surface area contributed by atoms with Gasteiger partial charge in [0.15, 0.2) is 0 Å². The molecule has 3 rings (SSSR count). The first-order chi connectivity index (χ1) is 13.8. The van der Waals surface area contributed by atoms with Gasteiger partial charge in [0.1, 0.15) is 12.4 Å². The van der Waals surface area contributed by atoms with Crippen molar-refractivity contribution in [1.29, 1.82) is 0 Å². The van der Waals surface area contributed by atoms with Crippen LogP contribution >= 0.6 is 0 Å². The summed E-state index contributed by atoms with van der Waals surface area (Å²) >= 11 is 0. The van der Waals surface area contributed by atoms with Crippen LogP contribution in [0, 0.1) is 20.8 Å². The molecule has 0 fully saturated rings. The Bertz CT molecular complexity index is 977. The normalized spacial score (nSPS) is 16.2. The average Bonchev–Trinajstić information content (AvgIpc) is 2.68. The third-order valence-electron chi connectivity index (χ3n) is 5.10. The van der Waals surface area contributed by atoms with E-state index in [9.17, 15) is 9.59 Å². The predicted octanol–water partition coefficient (Wildman–Crippen LogP) is 3.99. The Labute approximate surface area is 170 Å². The molecule has 1 heterocycles. The fourth-order valence-electron chi connectivity index (χ4n) is 3.52. The summed E-state index contributed by atoms with van der Waals surface area (Å²) in [4.78, 5) is 24.5. The van der Waals surface area contributed by atoms with E-state index in [2.05, 4.69) is 16.7 Å². The number of amides is 2. The van der Waals surface area contributed by atoms with Crippen LogP contribution in [-0.4, -0.2) is 19.1 Å². The van der Waals surface area contributed by atoms with Gasteiger partial charge in [-0.3, -0.25) is 0 Å². The van der Waals surface area contributed by atoms with Crippen molar-refractivity contribution in [2.24, 2.45) is 0 Å². The minimum absolute atomic E-state index is 0.349. The van der Waals surface area contributed by atoms with Crippen molar-refractivity contribution < 1.29 is 19.1 Å². The van der Waals surface area contributed by atoms with E-state index in [4.69, 9.17) is 9.47 Å². The lowest BCUT2D eigenvalue weighted by atomic mass is 9.89. The molecule has 1 aliphatic heterocycles. The SMILES string of the molecule is COC(=O)C1=C(C)NC(=O)NC1c1cc(C)cc(COc2ccc(C)cc2)c1C. The van der Waals surface area contributed by atoms with E-state index in [0.717, 1.165) is 28.0 Å². The van der Waals surface area contributed by atoms with Gasteiger partial charge in [0, 0.05) is 5.70 Å². The maximum Gasteiger partial charge on any atom is 0.337 e. The summed E-state index contributed by atoms with van der Waals surface area (Å²) in [5, 5.41) is 5.50. The molecule has 0 radical (unpaired) electrons. The molecule has 2 N–H and O–H groups in total. The molecule has 0 saturated heterocycles. The fraction of sp³-hybridized carbons (Fsp3) is 0.304. The van der Waals surface area contributed by atoms with Gasteiger partial charge in [-0.2, -0.15) is 0 Å². The molecule has 152 valence electrons. The number of hydrogen-bond donors (Lipinski definition) is 2. The summed E-state index contributed by atoms with van der Waals surface area (Å²) in [5.41, 5.74) is 5.88. The summed E-state index contributed by atoms with van der Waals surface area (Å²) in [6, 6.07) is 11.0. The lowest BCUT2D eigenvalue weighted by Gasteiger charge is -2.29. The number of aryl methyl sites for hydroxylation is 2. The van der Waals surface area contributed by atoms with Crippen molar-refractivity contribution in [3.8, 4) is 5.75 Å². The highest BCUT2D eigenvalue weighted by atomic mass is 16.5. The van der Waals surface area contributed by atoms with Gasteiger partial charge in [-0.15, -0.1) is 0 Å². The molecular weight excluding hydrogens is 368 g/mol. The quantitative estimate of drug-likeness (QED) is 0.752. The number of esters is 1. The first-order valence-corrected chi connectivity index (χ1v) is 9.46. The van der Waals surface area contributed by atoms with Crippen LogP contribution in [0.4, 0.5) is 4.79 Å². The number of nitrogens with one attached hydrogen (secondary N) is 2. The summed E-state index contributed by atoms with van der Waals surface area (Å²) in [5.74, 6) is 0.317. The van der Waals surface area contributed by atoms with E-state index in [1.54, 1.807) is 6.92 Å². The third-order valence-corrected chi connectivity index (χ3v) is 5.10. The van der Waals surface area contributed by atoms with Gasteiger partial charge in [-0.25, -0.2) is 9.59 Å². The Kier molecular flexibility index (Phi) is 5.92. The molecule has 6 heteroatoms. The summed E-state index contributed by atoms with van der Waals surface area (Å²) in [6.45, 7) is 8.07. The van der Waals surface area contributed by atoms with Crippen LogP contribution in [0.25, 0.3) is 0 Å². The van der Waals surface area contributed by atoms with Crippen molar-refractivity contribution in [2.75, 3.05) is 7.11 Å². The number of rotatable bonds is 5. The van der Waals surface area contributed by atoms with Gasteiger partial charge in [0.25, 0.3) is 0 Å². The third kappa shape index (κ3) is 4.42. The lowest BCUT2D eigenvalue weighted by molar-refractivity contribution is -0.136. The molecule has 6 nitrogen and oxygen atoms in total. The van der Waals surface area contributed by atoms with Crippen molar-refractivity contribution in [2.45, 2.75) is 40.3 Å². The second kappa shape index (κ2) is 8.39. The minimum atomic E-state index is -0.589. The fourth-order valence-corrected chi connectivity index (χ4v) is 3.52. The zero-order valence-corrected chi connectivity index (χ0v) is 17.4. The first kappa shape index (κ1) is 20.5. The number of methoxy groups -OCH3 is 1. The van der Waals surface area contributed by atoms with Gasteiger partial charge in [0.2, 0.25) is 0 Å². The lowest BCUT2D eigenvalue weighted by Crippen LogP contribution is -2.45. The van der Waals surface area contributed by atoms with E-state index in [0.29, 0.717) is 17.9 Å². The Hall–Kier alpha value is -3.28. The van der Waals surface area contributed by atoms with Crippen LogP contribution in [0.3, 0.4) is 0 Å². The van der Waals surface area contributed by atoms with E-state index >= 15 is 0 Å². The number of carbonyl (C=O) groups excluding carboxylic acids is 2. The van der Waals surface area contributed by atoms with Gasteiger partial charge in [-0.1, -0.05) is 35.4 Å². The molecule has 0 aromatic heterocycles. The molecule has 0 aliphatic carbocycles. The summed E-state index contributed by atoms with van der Waals surface area (Å²) in [7, 11) is 1.33. The number of ether oxygens (including phenoxy) is 2. The van der Waals surface area contributed by atoms with E-state index in [-0.39, 0.29) is 6.03 Å². The molecule has 29 heavy (non-hydrogen) atoms. The number of hydrogen-bond acceptors (Lipinski definition) is 4. The van der Waals surface area contributed by atoms with Crippen molar-refractivity contribution in [1.82, 2.24) is 10.6 Å². The predicted molar refractivity (Wildman–Crippen MR) is 111 cm³/mol. The summed E-state index contributed by atoms with van der Waals surface area (Å²) < 4.78 is 10.9. The number of urea groups is 1. The van der Waals surface area contributed by atoms with Crippen molar-refractivity contribution >= 4 is 12.0 Å². The van der Waals surface area contributed by atoms with Gasteiger partial charge in [-0.05, 0) is 56.5 Å².